The minimum absolute atomic E-state index is 0.0329. The van der Waals surface area contributed by atoms with Gasteiger partial charge in [-0.3, -0.25) is 9.59 Å². The van der Waals surface area contributed by atoms with Crippen LogP contribution in [0, 0.1) is 6.92 Å². The number of ether oxygens (including phenoxy) is 1. The van der Waals surface area contributed by atoms with E-state index in [9.17, 15) is 32.7 Å². The van der Waals surface area contributed by atoms with Gasteiger partial charge in [-0.05, 0) is 37.3 Å². The molecule has 0 fully saturated rings. The fraction of sp³-hybridized carbons (Fsp3) is 0.227. The zero-order valence-corrected chi connectivity index (χ0v) is 17.8. The molecule has 1 atom stereocenters. The maximum Gasteiger partial charge on any atom is 0.416 e. The molecular weight excluding hydrogens is 463 g/mol. The SMILES string of the molecule is Cc1c(O)ccc2c(COC(=O)C[C@H]3Sc4ccc(C(F)(F)F)cc4NC3=O)cc(=O)oc12. The van der Waals surface area contributed by atoms with E-state index in [1.807, 2.05) is 0 Å². The maximum atomic E-state index is 12.9. The number of aryl methyl sites for hydroxylation is 1. The number of alkyl halides is 3. The number of carbonyl (C=O) groups is 2. The fourth-order valence-corrected chi connectivity index (χ4v) is 4.44. The minimum atomic E-state index is -4.54. The van der Waals surface area contributed by atoms with E-state index in [1.165, 1.54) is 24.3 Å². The summed E-state index contributed by atoms with van der Waals surface area (Å²) in [5, 5.41) is 11.8. The Bertz CT molecular complexity index is 1330. The average Bonchev–Trinajstić information content (AvgIpc) is 2.74. The highest BCUT2D eigenvalue weighted by Gasteiger charge is 2.34. The smallest absolute Gasteiger partial charge is 0.416 e. The number of phenolic OH excluding ortho intramolecular Hbond substituents is 1. The van der Waals surface area contributed by atoms with Crippen molar-refractivity contribution in [1.29, 1.82) is 0 Å². The molecule has 0 bridgehead atoms. The third kappa shape index (κ3) is 4.68. The molecule has 1 aromatic heterocycles. The van der Waals surface area contributed by atoms with Gasteiger partial charge in [-0.25, -0.2) is 4.79 Å². The Hall–Kier alpha value is -3.47. The largest absolute Gasteiger partial charge is 0.508 e. The normalized spacial score (nSPS) is 15.8. The highest BCUT2D eigenvalue weighted by molar-refractivity contribution is 8.01. The van der Waals surface area contributed by atoms with Gasteiger partial charge in [-0.15, -0.1) is 11.8 Å². The number of hydrogen-bond donors (Lipinski definition) is 2. The molecule has 0 saturated heterocycles. The van der Waals surface area contributed by atoms with Crippen molar-refractivity contribution in [2.24, 2.45) is 0 Å². The number of nitrogens with one attached hydrogen (secondary N) is 1. The van der Waals surface area contributed by atoms with Crippen molar-refractivity contribution in [3.63, 3.8) is 0 Å². The summed E-state index contributed by atoms with van der Waals surface area (Å²) in [6.45, 7) is 1.31. The van der Waals surface area contributed by atoms with Gasteiger partial charge in [0, 0.05) is 27.5 Å². The standard InChI is InChI=1S/C22H16F3NO6S/c1-10-15(27)4-3-13-11(6-19(29)32-20(10)13)9-31-18(28)8-17-21(30)26-14-7-12(22(23,24)25)2-5-16(14)33-17/h2-7,17,27H,8-9H2,1H3,(H,26,30)/t17-/m1/s1. The second-order valence-electron chi connectivity index (χ2n) is 7.35. The number of halogens is 3. The molecule has 2 heterocycles. The predicted molar refractivity (Wildman–Crippen MR) is 113 cm³/mol. The lowest BCUT2D eigenvalue weighted by Crippen LogP contribution is -2.31. The van der Waals surface area contributed by atoms with Crippen LogP contribution in [-0.2, 0) is 27.1 Å². The van der Waals surface area contributed by atoms with E-state index < -0.39 is 34.5 Å². The number of hydrogen-bond acceptors (Lipinski definition) is 7. The van der Waals surface area contributed by atoms with E-state index in [-0.39, 0.29) is 30.0 Å². The molecule has 11 heteroatoms. The van der Waals surface area contributed by atoms with Crippen LogP contribution < -0.4 is 10.9 Å². The molecule has 4 rings (SSSR count). The van der Waals surface area contributed by atoms with Crippen LogP contribution in [0.2, 0.25) is 0 Å². The van der Waals surface area contributed by atoms with Crippen molar-refractivity contribution in [3.05, 3.63) is 63.5 Å². The first kappa shape index (κ1) is 22.7. The van der Waals surface area contributed by atoms with Crippen molar-refractivity contribution in [2.75, 3.05) is 5.32 Å². The number of aromatic hydroxyl groups is 1. The number of fused-ring (bicyclic) bond motifs is 2. The fourth-order valence-electron chi connectivity index (χ4n) is 3.36. The van der Waals surface area contributed by atoms with Crippen molar-refractivity contribution < 1.29 is 37.0 Å². The van der Waals surface area contributed by atoms with Crippen LogP contribution in [0.5, 0.6) is 5.75 Å². The molecule has 2 N–H and O–H groups in total. The second kappa shape index (κ2) is 8.47. The summed E-state index contributed by atoms with van der Waals surface area (Å²) >= 11 is 0.970. The summed E-state index contributed by atoms with van der Waals surface area (Å²) in [7, 11) is 0. The summed E-state index contributed by atoms with van der Waals surface area (Å²) in [5.41, 5.74) is -0.637. The van der Waals surface area contributed by atoms with Crippen LogP contribution in [0.1, 0.15) is 23.1 Å². The van der Waals surface area contributed by atoms with Crippen LogP contribution in [0.3, 0.4) is 0 Å². The van der Waals surface area contributed by atoms with Crippen molar-refractivity contribution in [3.8, 4) is 5.75 Å². The third-order valence-electron chi connectivity index (χ3n) is 5.09. The minimum Gasteiger partial charge on any atom is -0.508 e. The first-order valence-corrected chi connectivity index (χ1v) is 10.5. The second-order valence-corrected chi connectivity index (χ2v) is 8.59. The van der Waals surface area contributed by atoms with Crippen LogP contribution in [-0.4, -0.2) is 22.2 Å². The number of anilines is 1. The highest BCUT2D eigenvalue weighted by atomic mass is 32.2. The van der Waals surface area contributed by atoms with Crippen LogP contribution >= 0.6 is 11.8 Å². The van der Waals surface area contributed by atoms with Crippen molar-refractivity contribution in [1.82, 2.24) is 0 Å². The number of amides is 1. The quantitative estimate of drug-likeness (QED) is 0.423. The molecule has 1 aliphatic rings. The van der Waals surface area contributed by atoms with E-state index in [4.69, 9.17) is 9.15 Å². The van der Waals surface area contributed by atoms with Gasteiger partial charge < -0.3 is 19.6 Å². The average molecular weight is 479 g/mol. The molecule has 0 spiro atoms. The van der Waals surface area contributed by atoms with E-state index in [2.05, 4.69) is 5.32 Å². The first-order chi connectivity index (χ1) is 15.5. The van der Waals surface area contributed by atoms with Gasteiger partial charge in [-0.1, -0.05) is 0 Å². The topological polar surface area (TPSA) is 106 Å². The Morgan fingerprint density at radius 3 is 2.70 bits per heavy atom. The van der Waals surface area contributed by atoms with Gasteiger partial charge in [0.05, 0.1) is 22.9 Å². The number of benzene rings is 2. The Kier molecular flexibility index (Phi) is 5.83. The maximum absolute atomic E-state index is 12.9. The van der Waals surface area contributed by atoms with Gasteiger partial charge in [0.15, 0.2) is 0 Å². The molecule has 33 heavy (non-hydrogen) atoms. The predicted octanol–water partition coefficient (Wildman–Crippen LogP) is 4.37. The van der Waals surface area contributed by atoms with Crippen LogP contribution in [0.4, 0.5) is 18.9 Å². The number of esters is 1. The summed E-state index contributed by atoms with van der Waals surface area (Å²) in [6.07, 6.45) is -4.86. The number of rotatable bonds is 4. The summed E-state index contributed by atoms with van der Waals surface area (Å²) in [4.78, 5) is 36.9. The van der Waals surface area contributed by atoms with E-state index >= 15 is 0 Å². The lowest BCUT2D eigenvalue weighted by Gasteiger charge is -2.24. The van der Waals surface area contributed by atoms with E-state index in [0.717, 1.165) is 23.9 Å². The Morgan fingerprint density at radius 1 is 1.21 bits per heavy atom. The van der Waals surface area contributed by atoms with Gasteiger partial charge in [-0.2, -0.15) is 13.2 Å². The summed E-state index contributed by atoms with van der Waals surface area (Å²) in [6, 6.07) is 7.12. The lowest BCUT2D eigenvalue weighted by atomic mass is 10.1. The first-order valence-electron chi connectivity index (χ1n) is 9.62. The van der Waals surface area contributed by atoms with Gasteiger partial charge in [0.1, 0.15) is 17.9 Å². The third-order valence-corrected chi connectivity index (χ3v) is 6.36. The molecule has 0 unspecified atom stereocenters. The summed E-state index contributed by atoms with van der Waals surface area (Å²) < 4.78 is 49.0. The molecule has 1 amide bonds. The number of thioether (sulfide) groups is 1. The molecule has 0 radical (unpaired) electrons. The molecule has 2 aromatic carbocycles. The van der Waals surface area contributed by atoms with E-state index in [1.54, 1.807) is 6.92 Å². The van der Waals surface area contributed by atoms with Crippen molar-refractivity contribution >= 4 is 40.3 Å². The zero-order valence-electron chi connectivity index (χ0n) is 17.0. The van der Waals surface area contributed by atoms with Crippen LogP contribution in [0.25, 0.3) is 11.0 Å². The molecule has 7 nitrogen and oxygen atoms in total. The molecule has 0 saturated carbocycles. The number of phenols is 1. The van der Waals surface area contributed by atoms with E-state index in [0.29, 0.717) is 21.4 Å². The molecular formula is C22H16F3NO6S. The Balaban J connectivity index is 1.45. The highest BCUT2D eigenvalue weighted by Crippen LogP contribution is 2.40. The molecule has 172 valence electrons. The lowest BCUT2D eigenvalue weighted by molar-refractivity contribution is -0.145. The Labute approximate surface area is 188 Å². The molecule has 1 aliphatic heterocycles. The zero-order chi connectivity index (χ0) is 23.9. The Morgan fingerprint density at radius 2 is 1.97 bits per heavy atom. The van der Waals surface area contributed by atoms with Gasteiger partial charge in [0.25, 0.3) is 0 Å². The molecule has 3 aromatic rings. The monoisotopic (exact) mass is 479 g/mol. The number of carbonyl (C=O) groups excluding carboxylic acids is 2. The molecule has 0 aliphatic carbocycles. The van der Waals surface area contributed by atoms with Gasteiger partial charge in [0.2, 0.25) is 5.91 Å². The van der Waals surface area contributed by atoms with Crippen LogP contribution in [0.15, 0.2) is 50.5 Å². The summed E-state index contributed by atoms with van der Waals surface area (Å²) in [5.74, 6) is -1.39. The van der Waals surface area contributed by atoms with Gasteiger partial charge >= 0.3 is 17.8 Å². The van der Waals surface area contributed by atoms with Crippen molar-refractivity contribution in [2.45, 2.75) is 36.3 Å².